The van der Waals surface area contributed by atoms with Crippen LogP contribution in [0.4, 0.5) is 0 Å². The molecule has 7 heteroatoms. The van der Waals surface area contributed by atoms with Gasteiger partial charge in [-0.3, -0.25) is 9.88 Å². The zero-order valence-corrected chi connectivity index (χ0v) is 15.7. The minimum absolute atomic E-state index is 0.206. The lowest BCUT2D eigenvalue weighted by atomic mass is 10.1. The van der Waals surface area contributed by atoms with Crippen molar-refractivity contribution in [2.45, 2.75) is 32.1 Å². The molecule has 1 fully saturated rings. The molecule has 0 bridgehead atoms. The fourth-order valence-electron chi connectivity index (χ4n) is 3.22. The van der Waals surface area contributed by atoms with Gasteiger partial charge in [-0.05, 0) is 55.3 Å². The zero-order chi connectivity index (χ0) is 18.5. The van der Waals surface area contributed by atoms with E-state index in [4.69, 9.17) is 20.9 Å². The van der Waals surface area contributed by atoms with Gasteiger partial charge in [-0.1, -0.05) is 22.8 Å². The second kappa shape index (κ2) is 8.61. The van der Waals surface area contributed by atoms with Gasteiger partial charge in [-0.25, -0.2) is 0 Å². The van der Waals surface area contributed by atoms with Crippen LogP contribution in [0.3, 0.4) is 0 Å². The second-order valence-corrected chi connectivity index (χ2v) is 7.13. The van der Waals surface area contributed by atoms with E-state index >= 15 is 0 Å². The van der Waals surface area contributed by atoms with Crippen molar-refractivity contribution >= 4 is 11.6 Å². The van der Waals surface area contributed by atoms with Crippen molar-refractivity contribution in [1.82, 2.24) is 20.0 Å². The van der Waals surface area contributed by atoms with E-state index in [2.05, 4.69) is 20.0 Å². The summed E-state index contributed by atoms with van der Waals surface area (Å²) in [6.45, 7) is 3.09. The largest absolute Gasteiger partial charge is 0.372 e. The van der Waals surface area contributed by atoms with Gasteiger partial charge in [0.1, 0.15) is 0 Å². The first-order valence-corrected chi connectivity index (χ1v) is 9.45. The summed E-state index contributed by atoms with van der Waals surface area (Å²) < 4.78 is 11.5. The van der Waals surface area contributed by atoms with Gasteiger partial charge in [0, 0.05) is 29.5 Å². The first-order chi connectivity index (χ1) is 13.3. The molecule has 0 radical (unpaired) electrons. The highest BCUT2D eigenvalue weighted by Crippen LogP contribution is 2.21. The molecule has 0 spiro atoms. The van der Waals surface area contributed by atoms with Gasteiger partial charge in [0.2, 0.25) is 11.7 Å². The van der Waals surface area contributed by atoms with E-state index in [1.807, 2.05) is 42.6 Å². The molecule has 1 aromatic carbocycles. The Labute approximate surface area is 163 Å². The van der Waals surface area contributed by atoms with Gasteiger partial charge in [0.25, 0.3) is 0 Å². The number of likely N-dealkylation sites (tertiary alicyclic amines) is 1. The van der Waals surface area contributed by atoms with Gasteiger partial charge in [0.15, 0.2) is 0 Å². The Morgan fingerprint density at radius 2 is 2.11 bits per heavy atom. The van der Waals surface area contributed by atoms with Crippen LogP contribution < -0.4 is 0 Å². The lowest BCUT2D eigenvalue weighted by Crippen LogP contribution is -2.39. The molecular weight excluding hydrogens is 364 g/mol. The van der Waals surface area contributed by atoms with Crippen LogP contribution in [-0.2, 0) is 17.9 Å². The van der Waals surface area contributed by atoms with E-state index in [0.717, 1.165) is 37.1 Å². The third-order valence-corrected chi connectivity index (χ3v) is 4.85. The molecule has 1 saturated heterocycles. The molecule has 4 rings (SSSR count). The monoisotopic (exact) mass is 384 g/mol. The summed E-state index contributed by atoms with van der Waals surface area (Å²) in [5.41, 5.74) is 1.99. The summed E-state index contributed by atoms with van der Waals surface area (Å²) in [5.74, 6) is 1.20. The maximum Gasteiger partial charge on any atom is 0.241 e. The van der Waals surface area contributed by atoms with Crippen molar-refractivity contribution in [2.75, 3.05) is 13.1 Å². The van der Waals surface area contributed by atoms with Gasteiger partial charge < -0.3 is 9.26 Å². The molecule has 3 aromatic rings. The molecule has 3 heterocycles. The molecule has 0 unspecified atom stereocenters. The predicted molar refractivity (Wildman–Crippen MR) is 102 cm³/mol. The quantitative estimate of drug-likeness (QED) is 0.640. The Balaban J connectivity index is 1.32. The Bertz CT molecular complexity index is 854. The summed E-state index contributed by atoms with van der Waals surface area (Å²) >= 11 is 5.93. The highest BCUT2D eigenvalue weighted by atomic mass is 35.5. The number of pyridine rings is 1. The summed E-state index contributed by atoms with van der Waals surface area (Å²) in [6, 6.07) is 11.4. The van der Waals surface area contributed by atoms with E-state index in [1.165, 1.54) is 0 Å². The van der Waals surface area contributed by atoms with Crippen molar-refractivity contribution < 1.29 is 9.26 Å². The Hall–Kier alpha value is -2.28. The predicted octanol–water partition coefficient (Wildman–Crippen LogP) is 3.97. The molecule has 6 nitrogen and oxygen atoms in total. The van der Waals surface area contributed by atoms with Crippen LogP contribution in [0.25, 0.3) is 11.4 Å². The summed E-state index contributed by atoms with van der Waals surface area (Å²) in [4.78, 5) is 10.9. The highest BCUT2D eigenvalue weighted by molar-refractivity contribution is 6.30. The Morgan fingerprint density at radius 3 is 2.93 bits per heavy atom. The molecule has 0 N–H and O–H groups in total. The minimum atomic E-state index is 0.206. The lowest BCUT2D eigenvalue weighted by Gasteiger charge is -2.31. The van der Waals surface area contributed by atoms with Crippen molar-refractivity contribution in [2.24, 2.45) is 0 Å². The maximum absolute atomic E-state index is 6.06. The number of hydrogen-bond donors (Lipinski definition) is 0. The molecule has 1 aliphatic heterocycles. The maximum atomic E-state index is 6.06. The van der Waals surface area contributed by atoms with E-state index in [-0.39, 0.29) is 6.10 Å². The lowest BCUT2D eigenvalue weighted by molar-refractivity contribution is -0.0142. The number of hydrogen-bond acceptors (Lipinski definition) is 6. The van der Waals surface area contributed by atoms with Crippen LogP contribution in [0.15, 0.2) is 53.3 Å². The molecule has 0 amide bonds. The minimum Gasteiger partial charge on any atom is -0.372 e. The summed E-state index contributed by atoms with van der Waals surface area (Å²) in [5, 5.41) is 4.77. The Kier molecular flexibility index (Phi) is 5.77. The van der Waals surface area contributed by atoms with Gasteiger partial charge in [-0.2, -0.15) is 4.98 Å². The van der Waals surface area contributed by atoms with Crippen LogP contribution in [0.5, 0.6) is 0 Å². The fourth-order valence-corrected chi connectivity index (χ4v) is 3.34. The smallest absolute Gasteiger partial charge is 0.241 e. The highest BCUT2D eigenvalue weighted by Gasteiger charge is 2.22. The number of rotatable bonds is 6. The molecule has 140 valence electrons. The number of aromatic nitrogens is 3. The molecule has 27 heavy (non-hydrogen) atoms. The molecule has 0 saturated carbocycles. The van der Waals surface area contributed by atoms with E-state index < -0.39 is 0 Å². The van der Waals surface area contributed by atoms with Crippen molar-refractivity contribution in [1.29, 1.82) is 0 Å². The molecule has 2 aromatic heterocycles. The SMILES string of the molecule is Clc1ccc(-c2noc(CN3CCC[C@H](OCc4cccnc4)C3)n2)cc1. The topological polar surface area (TPSA) is 64.3 Å². The van der Waals surface area contributed by atoms with Crippen molar-refractivity contribution in [3.8, 4) is 11.4 Å². The number of halogens is 1. The van der Waals surface area contributed by atoms with Gasteiger partial charge in [0.05, 0.1) is 19.3 Å². The van der Waals surface area contributed by atoms with Crippen LogP contribution in [0, 0.1) is 0 Å². The number of nitrogens with zero attached hydrogens (tertiary/aromatic N) is 4. The fraction of sp³-hybridized carbons (Fsp3) is 0.350. The summed E-state index contributed by atoms with van der Waals surface area (Å²) in [7, 11) is 0. The standard InChI is InChI=1S/C20H21ClN4O2/c21-17-7-5-16(6-8-17)20-23-19(27-24-20)13-25-10-2-4-18(12-25)26-14-15-3-1-9-22-11-15/h1,3,5-9,11,18H,2,4,10,12-14H2/t18-/m0/s1. The van der Waals surface area contributed by atoms with Gasteiger partial charge in [-0.15, -0.1) is 0 Å². The Morgan fingerprint density at radius 1 is 1.22 bits per heavy atom. The zero-order valence-electron chi connectivity index (χ0n) is 14.9. The van der Waals surface area contributed by atoms with Gasteiger partial charge >= 0.3 is 0 Å². The average molecular weight is 385 g/mol. The number of ether oxygens (including phenoxy) is 1. The van der Waals surface area contributed by atoms with E-state index in [9.17, 15) is 0 Å². The van der Waals surface area contributed by atoms with E-state index in [0.29, 0.717) is 29.9 Å². The summed E-state index contributed by atoms with van der Waals surface area (Å²) in [6.07, 6.45) is 5.98. The first kappa shape index (κ1) is 18.1. The third kappa shape index (κ3) is 4.91. The van der Waals surface area contributed by atoms with Crippen molar-refractivity contribution in [3.63, 3.8) is 0 Å². The normalized spacial score (nSPS) is 17.9. The van der Waals surface area contributed by atoms with E-state index in [1.54, 1.807) is 6.20 Å². The van der Waals surface area contributed by atoms with Crippen LogP contribution in [0.2, 0.25) is 5.02 Å². The van der Waals surface area contributed by atoms with Crippen LogP contribution in [0.1, 0.15) is 24.3 Å². The molecule has 1 atom stereocenters. The average Bonchev–Trinajstić information content (AvgIpc) is 3.16. The molecule has 0 aliphatic carbocycles. The van der Waals surface area contributed by atoms with Crippen LogP contribution in [-0.4, -0.2) is 39.2 Å². The third-order valence-electron chi connectivity index (χ3n) is 4.60. The van der Waals surface area contributed by atoms with Crippen molar-refractivity contribution in [3.05, 3.63) is 65.3 Å². The second-order valence-electron chi connectivity index (χ2n) is 6.69. The molecule has 1 aliphatic rings. The van der Waals surface area contributed by atoms with Crippen LogP contribution >= 0.6 is 11.6 Å². The molecular formula is C20H21ClN4O2. The number of benzene rings is 1. The number of piperidine rings is 1. The first-order valence-electron chi connectivity index (χ1n) is 9.07.